The topological polar surface area (TPSA) is 150 Å². The fourth-order valence-corrected chi connectivity index (χ4v) is 6.03. The maximum Gasteiger partial charge on any atom is 0.272 e. The number of rotatable bonds is 9. The van der Waals surface area contributed by atoms with E-state index in [4.69, 9.17) is 16.5 Å². The van der Waals surface area contributed by atoms with E-state index in [1.54, 1.807) is 4.57 Å². The number of carbonyl (C=O) groups excluding carboxylic acids is 3. The molecule has 9 nitrogen and oxygen atoms in total. The van der Waals surface area contributed by atoms with Crippen molar-refractivity contribution in [2.75, 3.05) is 11.1 Å². The van der Waals surface area contributed by atoms with Crippen molar-refractivity contribution in [3.05, 3.63) is 111 Å². The van der Waals surface area contributed by atoms with Crippen LogP contribution in [0.15, 0.2) is 88.8 Å². The molecule has 0 aliphatic heterocycles. The van der Waals surface area contributed by atoms with Crippen LogP contribution in [0.5, 0.6) is 0 Å². The number of primary amides is 2. The second-order valence-electron chi connectivity index (χ2n) is 9.33. The first-order chi connectivity index (χ1) is 19.7. The molecule has 0 aliphatic rings. The summed E-state index contributed by atoms with van der Waals surface area (Å²) in [6, 6.07) is 23.5. The van der Waals surface area contributed by atoms with Crippen LogP contribution < -0.4 is 22.3 Å². The Morgan fingerprint density at radius 3 is 2.22 bits per heavy atom. The van der Waals surface area contributed by atoms with Gasteiger partial charge in [-0.15, -0.1) is 11.3 Å². The Morgan fingerprint density at radius 1 is 0.927 bits per heavy atom. The molecule has 0 saturated heterocycles. The predicted molar refractivity (Wildman–Crippen MR) is 162 cm³/mol. The fourth-order valence-electron chi connectivity index (χ4n) is 4.18. The highest BCUT2D eigenvalue weighted by molar-refractivity contribution is 7.99. The Hall–Kier alpha value is -4.74. The Kier molecular flexibility index (Phi) is 7.99. The van der Waals surface area contributed by atoms with Gasteiger partial charge in [-0.3, -0.25) is 23.7 Å². The lowest BCUT2D eigenvalue weighted by molar-refractivity contribution is -0.113. The monoisotopic (exact) mass is 583 g/mol. The van der Waals surface area contributed by atoms with E-state index in [2.05, 4.69) is 5.32 Å². The number of thioether (sulfide) groups is 1. The van der Waals surface area contributed by atoms with Crippen LogP contribution in [0.25, 0.3) is 20.7 Å². The molecule has 5 N–H and O–H groups in total. The van der Waals surface area contributed by atoms with Crippen LogP contribution in [-0.4, -0.2) is 33.0 Å². The van der Waals surface area contributed by atoms with Crippen LogP contribution in [0.3, 0.4) is 0 Å². The summed E-state index contributed by atoms with van der Waals surface area (Å²) in [6.07, 6.45) is 0. The number of hydrogen-bond acceptors (Lipinski definition) is 7. The molecule has 0 saturated carbocycles. The summed E-state index contributed by atoms with van der Waals surface area (Å²) < 4.78 is 2.11. The van der Waals surface area contributed by atoms with Crippen molar-refractivity contribution >= 4 is 56.7 Å². The average Bonchev–Trinajstić information content (AvgIpc) is 3.39. The molecular formula is C30H25N5O4S2. The summed E-state index contributed by atoms with van der Waals surface area (Å²) in [7, 11) is 0. The van der Waals surface area contributed by atoms with E-state index in [-0.39, 0.29) is 34.7 Å². The number of carbonyl (C=O) groups is 3. The van der Waals surface area contributed by atoms with Crippen molar-refractivity contribution in [1.29, 1.82) is 0 Å². The molecule has 3 amide bonds. The number of nitrogens with one attached hydrogen (secondary N) is 1. The van der Waals surface area contributed by atoms with E-state index in [0.717, 1.165) is 33.3 Å². The van der Waals surface area contributed by atoms with E-state index in [1.165, 1.54) is 29.5 Å². The van der Waals surface area contributed by atoms with Gasteiger partial charge in [0.15, 0.2) is 5.16 Å². The second kappa shape index (κ2) is 11.8. The molecule has 0 bridgehead atoms. The lowest BCUT2D eigenvalue weighted by Crippen LogP contribution is -2.24. The van der Waals surface area contributed by atoms with Gasteiger partial charge < -0.3 is 16.8 Å². The quantitative estimate of drug-likeness (QED) is 0.173. The normalized spacial score (nSPS) is 11.0. The number of hydrogen-bond donors (Lipinski definition) is 3. The van der Waals surface area contributed by atoms with Crippen LogP contribution in [0.4, 0.5) is 5.69 Å². The smallest absolute Gasteiger partial charge is 0.272 e. The molecule has 0 aliphatic carbocycles. The number of benzene rings is 3. The number of aryl methyl sites for hydroxylation is 1. The maximum atomic E-state index is 13.7. The Morgan fingerprint density at radius 2 is 1.59 bits per heavy atom. The first-order valence-corrected chi connectivity index (χ1v) is 14.3. The van der Waals surface area contributed by atoms with Crippen molar-refractivity contribution in [2.24, 2.45) is 11.5 Å². The highest BCUT2D eigenvalue weighted by Crippen LogP contribution is 2.32. The Labute approximate surface area is 243 Å². The van der Waals surface area contributed by atoms with Crippen molar-refractivity contribution < 1.29 is 14.4 Å². The molecule has 5 rings (SSSR count). The molecule has 5 aromatic rings. The van der Waals surface area contributed by atoms with Gasteiger partial charge in [-0.1, -0.05) is 71.9 Å². The second-order valence-corrected chi connectivity index (χ2v) is 11.3. The number of aromatic nitrogens is 2. The highest BCUT2D eigenvalue weighted by Gasteiger charge is 2.18. The van der Waals surface area contributed by atoms with Gasteiger partial charge in [0.1, 0.15) is 4.70 Å². The summed E-state index contributed by atoms with van der Waals surface area (Å²) in [4.78, 5) is 55.7. The zero-order chi connectivity index (χ0) is 29.1. The standard InChI is InChI=1S/C30H25N5O4S2/c1-17-7-9-19(10-8-17)24-14-23-26(41-24)29(39)35(15-18-5-3-2-4-6-18)30(34-23)40-16-25(36)33-22-12-20(27(31)37)11-21(13-22)28(32)38/h2-14H,15-16H2,1H3,(H2,31,37)(H2,32,38)(H,33,36). The first-order valence-electron chi connectivity index (χ1n) is 12.5. The lowest BCUT2D eigenvalue weighted by atomic mass is 10.1. The van der Waals surface area contributed by atoms with Crippen molar-refractivity contribution in [1.82, 2.24) is 9.55 Å². The number of fused-ring (bicyclic) bond motifs is 1. The fraction of sp³-hybridized carbons (Fsp3) is 0.100. The van der Waals surface area contributed by atoms with E-state index >= 15 is 0 Å². The minimum atomic E-state index is -0.763. The number of nitrogens with two attached hydrogens (primary N) is 2. The van der Waals surface area contributed by atoms with Crippen molar-refractivity contribution in [2.45, 2.75) is 18.6 Å². The summed E-state index contributed by atoms with van der Waals surface area (Å²) in [5.41, 5.74) is 14.4. The highest BCUT2D eigenvalue weighted by atomic mass is 32.2. The molecule has 11 heteroatoms. The summed E-state index contributed by atoms with van der Waals surface area (Å²) in [5.74, 6) is -2.05. The molecule has 0 radical (unpaired) electrons. The molecule has 0 atom stereocenters. The third-order valence-corrected chi connectivity index (χ3v) is 8.37. The van der Waals surface area contributed by atoms with Gasteiger partial charge >= 0.3 is 0 Å². The van der Waals surface area contributed by atoms with Crippen LogP contribution in [-0.2, 0) is 11.3 Å². The van der Waals surface area contributed by atoms with Gasteiger partial charge in [0.05, 0.1) is 17.8 Å². The lowest BCUT2D eigenvalue weighted by Gasteiger charge is -2.12. The molecule has 2 heterocycles. The van der Waals surface area contributed by atoms with Crippen LogP contribution in [0.2, 0.25) is 0 Å². The predicted octanol–water partition coefficient (Wildman–Crippen LogP) is 4.41. The van der Waals surface area contributed by atoms with E-state index in [0.29, 0.717) is 15.4 Å². The molecule has 3 aromatic carbocycles. The molecule has 0 unspecified atom stereocenters. The number of anilines is 1. The molecule has 0 spiro atoms. The van der Waals surface area contributed by atoms with Crippen LogP contribution in [0, 0.1) is 6.92 Å². The zero-order valence-corrected chi connectivity index (χ0v) is 23.6. The van der Waals surface area contributed by atoms with Gasteiger partial charge in [0, 0.05) is 21.7 Å². The third-order valence-electron chi connectivity index (χ3n) is 6.24. The Balaban J connectivity index is 1.46. The number of thiophene rings is 1. The van der Waals surface area contributed by atoms with Crippen LogP contribution in [0.1, 0.15) is 31.8 Å². The molecular weight excluding hydrogens is 558 g/mol. The number of nitrogens with zero attached hydrogens (tertiary/aromatic N) is 2. The SMILES string of the molecule is Cc1ccc(-c2cc3nc(SCC(=O)Nc4cc(C(N)=O)cc(C(N)=O)c4)n(Cc4ccccc4)c(=O)c3s2)cc1. The Bertz CT molecular complexity index is 1820. The van der Waals surface area contributed by atoms with Gasteiger partial charge in [0.2, 0.25) is 17.7 Å². The minimum absolute atomic E-state index is 0.0370. The van der Waals surface area contributed by atoms with Gasteiger partial charge in [0.25, 0.3) is 5.56 Å². The number of amides is 3. The van der Waals surface area contributed by atoms with E-state index in [9.17, 15) is 19.2 Å². The molecule has 41 heavy (non-hydrogen) atoms. The maximum absolute atomic E-state index is 13.7. The van der Waals surface area contributed by atoms with Crippen molar-refractivity contribution in [3.8, 4) is 10.4 Å². The zero-order valence-electron chi connectivity index (χ0n) is 21.9. The average molecular weight is 584 g/mol. The minimum Gasteiger partial charge on any atom is -0.366 e. The van der Waals surface area contributed by atoms with Gasteiger partial charge in [-0.2, -0.15) is 0 Å². The molecule has 206 valence electrons. The molecule has 2 aromatic heterocycles. The van der Waals surface area contributed by atoms with Crippen molar-refractivity contribution in [3.63, 3.8) is 0 Å². The first kappa shape index (κ1) is 27.8. The summed E-state index contributed by atoms with van der Waals surface area (Å²) in [5, 5.41) is 3.05. The van der Waals surface area contributed by atoms with Gasteiger partial charge in [-0.05, 0) is 42.3 Å². The summed E-state index contributed by atoms with van der Waals surface area (Å²) >= 11 is 2.50. The molecule has 0 fully saturated rings. The van der Waals surface area contributed by atoms with Gasteiger partial charge in [-0.25, -0.2) is 4.98 Å². The third kappa shape index (κ3) is 6.37. The largest absolute Gasteiger partial charge is 0.366 e. The van der Waals surface area contributed by atoms with E-state index < -0.39 is 17.7 Å². The van der Waals surface area contributed by atoms with Crippen LogP contribution >= 0.6 is 23.1 Å². The van der Waals surface area contributed by atoms with E-state index in [1.807, 2.05) is 67.6 Å². The summed E-state index contributed by atoms with van der Waals surface area (Å²) in [6.45, 7) is 2.30.